The van der Waals surface area contributed by atoms with E-state index in [4.69, 9.17) is 5.73 Å². The molecule has 2 heteroatoms. The summed E-state index contributed by atoms with van der Waals surface area (Å²) in [4.78, 5) is 0. The van der Waals surface area contributed by atoms with E-state index in [1.54, 1.807) is 0 Å². The largest absolute Gasteiger partial charge is 0.329 e. The molecule has 0 radical (unpaired) electrons. The van der Waals surface area contributed by atoms with Crippen LogP contribution in [-0.4, -0.2) is 17.5 Å². The van der Waals surface area contributed by atoms with Gasteiger partial charge in [0.1, 0.15) is 0 Å². The van der Waals surface area contributed by atoms with Crippen molar-refractivity contribution in [2.75, 3.05) is 12.8 Å². The van der Waals surface area contributed by atoms with Crippen LogP contribution in [0.5, 0.6) is 0 Å². The molecule has 0 aromatic rings. The van der Waals surface area contributed by atoms with Gasteiger partial charge in [-0.2, -0.15) is 11.8 Å². The topological polar surface area (TPSA) is 26.0 Å². The van der Waals surface area contributed by atoms with E-state index >= 15 is 0 Å². The highest BCUT2D eigenvalue weighted by Crippen LogP contribution is 2.65. The average molecular weight is 239 g/mol. The first-order valence-corrected chi connectivity index (χ1v) is 8.08. The summed E-state index contributed by atoms with van der Waals surface area (Å²) in [5, 5.41) is 0. The van der Waals surface area contributed by atoms with E-state index in [1.807, 2.05) is 11.8 Å². The van der Waals surface area contributed by atoms with Crippen molar-refractivity contribution < 1.29 is 0 Å². The van der Waals surface area contributed by atoms with Crippen LogP contribution in [0.25, 0.3) is 0 Å². The van der Waals surface area contributed by atoms with Crippen molar-refractivity contribution in [1.82, 2.24) is 0 Å². The van der Waals surface area contributed by atoms with Crippen LogP contribution >= 0.6 is 11.8 Å². The van der Waals surface area contributed by atoms with Gasteiger partial charge < -0.3 is 5.73 Å². The Balaban J connectivity index is 1.93. The first kappa shape index (κ1) is 11.4. The molecule has 4 rings (SSSR count). The molecule has 1 unspecified atom stereocenters. The second-order valence-electron chi connectivity index (χ2n) is 6.84. The third-order valence-corrected chi connectivity index (χ3v) is 7.50. The Labute approximate surface area is 104 Å². The minimum absolute atomic E-state index is 0.336. The Kier molecular flexibility index (Phi) is 2.60. The monoisotopic (exact) mass is 239 g/mol. The number of hydrogen-bond acceptors (Lipinski definition) is 2. The van der Waals surface area contributed by atoms with E-state index in [9.17, 15) is 0 Å². The van der Waals surface area contributed by atoms with Gasteiger partial charge in [0.15, 0.2) is 0 Å². The third kappa shape index (κ3) is 1.42. The predicted molar refractivity (Wildman–Crippen MR) is 71.6 cm³/mol. The average Bonchev–Trinajstić information content (AvgIpc) is 2.26. The molecule has 4 fully saturated rings. The summed E-state index contributed by atoms with van der Waals surface area (Å²) in [7, 11) is 0. The molecule has 0 aromatic carbocycles. The lowest BCUT2D eigenvalue weighted by molar-refractivity contribution is -0.0705. The summed E-state index contributed by atoms with van der Waals surface area (Å²) in [6.45, 7) is 3.30. The van der Waals surface area contributed by atoms with Crippen LogP contribution in [0.4, 0.5) is 0 Å². The van der Waals surface area contributed by atoms with Crippen molar-refractivity contribution in [3.8, 4) is 0 Å². The van der Waals surface area contributed by atoms with Crippen molar-refractivity contribution >= 4 is 11.8 Å². The smallest absolute Gasteiger partial charge is 0.0307 e. The zero-order valence-corrected chi connectivity index (χ0v) is 11.5. The van der Waals surface area contributed by atoms with E-state index < -0.39 is 0 Å². The quantitative estimate of drug-likeness (QED) is 0.818. The molecule has 0 spiro atoms. The second kappa shape index (κ2) is 3.65. The van der Waals surface area contributed by atoms with Gasteiger partial charge in [-0.25, -0.2) is 0 Å². The standard InChI is InChI=1S/C14H25NS/c1-13(9-15,16-2)14-6-10-3-11(7-14)5-12(4-10)8-14/h10-12H,3-9,15H2,1-2H3. The fourth-order valence-electron chi connectivity index (χ4n) is 5.27. The zero-order chi connectivity index (χ0) is 11.4. The lowest BCUT2D eigenvalue weighted by Gasteiger charge is -2.62. The molecule has 1 atom stereocenters. The summed E-state index contributed by atoms with van der Waals surface area (Å²) >= 11 is 2.04. The van der Waals surface area contributed by atoms with Crippen LogP contribution in [0.15, 0.2) is 0 Å². The minimum Gasteiger partial charge on any atom is -0.329 e. The second-order valence-corrected chi connectivity index (χ2v) is 8.15. The predicted octanol–water partition coefficient (Wildman–Crippen LogP) is 3.28. The molecule has 0 amide bonds. The molecular weight excluding hydrogens is 214 g/mol. The molecule has 4 aliphatic rings. The van der Waals surface area contributed by atoms with Crippen molar-refractivity contribution in [2.24, 2.45) is 28.9 Å². The van der Waals surface area contributed by atoms with Crippen LogP contribution < -0.4 is 5.73 Å². The van der Waals surface area contributed by atoms with Crippen LogP contribution in [0.1, 0.15) is 45.4 Å². The van der Waals surface area contributed by atoms with E-state index in [0.717, 1.165) is 24.3 Å². The van der Waals surface area contributed by atoms with Gasteiger partial charge in [-0.15, -0.1) is 0 Å². The Morgan fingerprint density at radius 3 is 1.88 bits per heavy atom. The summed E-state index contributed by atoms with van der Waals surface area (Å²) in [6.07, 6.45) is 11.3. The van der Waals surface area contributed by atoms with Gasteiger partial charge in [-0.05, 0) is 74.9 Å². The molecule has 1 nitrogen and oxygen atoms in total. The minimum atomic E-state index is 0.336. The molecule has 4 aliphatic carbocycles. The third-order valence-electron chi connectivity index (χ3n) is 6.00. The van der Waals surface area contributed by atoms with Crippen LogP contribution in [0, 0.1) is 23.2 Å². The van der Waals surface area contributed by atoms with Crippen molar-refractivity contribution in [3.63, 3.8) is 0 Å². The Morgan fingerprint density at radius 2 is 1.56 bits per heavy atom. The van der Waals surface area contributed by atoms with Crippen LogP contribution in [0.3, 0.4) is 0 Å². The van der Waals surface area contributed by atoms with E-state index in [0.29, 0.717) is 10.2 Å². The molecule has 2 N–H and O–H groups in total. The highest BCUT2D eigenvalue weighted by molar-refractivity contribution is 8.00. The molecule has 0 aromatic heterocycles. The van der Waals surface area contributed by atoms with Gasteiger partial charge in [-0.1, -0.05) is 0 Å². The van der Waals surface area contributed by atoms with Gasteiger partial charge in [0.25, 0.3) is 0 Å². The first-order chi connectivity index (χ1) is 7.61. The summed E-state index contributed by atoms with van der Waals surface area (Å²) < 4.78 is 0.336. The van der Waals surface area contributed by atoms with E-state index in [2.05, 4.69) is 13.2 Å². The number of hydrogen-bond donors (Lipinski definition) is 1. The molecular formula is C14H25NS. The van der Waals surface area contributed by atoms with Crippen LogP contribution in [-0.2, 0) is 0 Å². The number of nitrogens with two attached hydrogens (primary N) is 1. The van der Waals surface area contributed by atoms with Crippen molar-refractivity contribution in [2.45, 2.75) is 50.2 Å². The Morgan fingerprint density at radius 1 is 1.12 bits per heavy atom. The van der Waals surface area contributed by atoms with E-state index in [1.165, 1.54) is 38.5 Å². The van der Waals surface area contributed by atoms with Gasteiger partial charge in [-0.3, -0.25) is 0 Å². The highest BCUT2D eigenvalue weighted by Gasteiger charge is 2.57. The van der Waals surface area contributed by atoms with Gasteiger partial charge in [0.2, 0.25) is 0 Å². The van der Waals surface area contributed by atoms with Crippen molar-refractivity contribution in [1.29, 1.82) is 0 Å². The van der Waals surface area contributed by atoms with Gasteiger partial charge in [0, 0.05) is 11.3 Å². The number of rotatable bonds is 3. The summed E-state index contributed by atoms with van der Waals surface area (Å²) in [5.74, 6) is 3.14. The van der Waals surface area contributed by atoms with Gasteiger partial charge >= 0.3 is 0 Å². The fraction of sp³-hybridized carbons (Fsp3) is 1.00. The molecule has 0 aliphatic heterocycles. The molecule has 92 valence electrons. The lowest BCUT2D eigenvalue weighted by atomic mass is 9.46. The first-order valence-electron chi connectivity index (χ1n) is 6.86. The summed E-state index contributed by atoms with van der Waals surface area (Å²) in [5.41, 5.74) is 6.71. The number of thioether (sulfide) groups is 1. The normalized spacial score (nSPS) is 49.3. The molecule has 0 saturated heterocycles. The maximum atomic E-state index is 6.12. The molecule has 4 bridgehead atoms. The lowest BCUT2D eigenvalue weighted by Crippen LogP contribution is -2.58. The van der Waals surface area contributed by atoms with Crippen LogP contribution in [0.2, 0.25) is 0 Å². The molecule has 0 heterocycles. The highest BCUT2D eigenvalue weighted by atomic mass is 32.2. The fourth-order valence-corrected chi connectivity index (χ4v) is 6.12. The van der Waals surface area contributed by atoms with Crippen molar-refractivity contribution in [3.05, 3.63) is 0 Å². The molecule has 4 saturated carbocycles. The maximum absolute atomic E-state index is 6.12. The molecule has 16 heavy (non-hydrogen) atoms. The maximum Gasteiger partial charge on any atom is 0.0307 e. The van der Waals surface area contributed by atoms with Gasteiger partial charge in [0.05, 0.1) is 0 Å². The summed E-state index contributed by atoms with van der Waals surface area (Å²) in [6, 6.07) is 0. The SMILES string of the molecule is CSC(C)(CN)C12CC3CC(CC(C3)C1)C2. The van der Waals surface area contributed by atoms with E-state index in [-0.39, 0.29) is 0 Å². The Hall–Kier alpha value is 0.310. The zero-order valence-electron chi connectivity index (χ0n) is 10.7. The Bertz CT molecular complexity index is 247.